The predicted octanol–water partition coefficient (Wildman–Crippen LogP) is 4.84. The second kappa shape index (κ2) is 10.8. The monoisotopic (exact) mass is 531 g/mol. The van der Waals surface area contributed by atoms with Gasteiger partial charge in [-0.15, -0.1) is 0 Å². The van der Waals surface area contributed by atoms with Crippen molar-refractivity contribution in [2.75, 3.05) is 13.1 Å². The summed E-state index contributed by atoms with van der Waals surface area (Å²) in [4.78, 5) is 32.9. The fourth-order valence-electron chi connectivity index (χ4n) is 6.40. The molecular weight excluding hydrogens is 498 g/mol. The number of nitrogens with zero attached hydrogens (tertiary/aromatic N) is 4. The lowest BCUT2D eigenvalue weighted by Crippen LogP contribution is -2.67. The summed E-state index contributed by atoms with van der Waals surface area (Å²) in [5, 5.41) is 5.33. The van der Waals surface area contributed by atoms with E-state index >= 15 is 0 Å². The third-order valence-corrected chi connectivity index (χ3v) is 8.79. The summed E-state index contributed by atoms with van der Waals surface area (Å²) < 4.78 is 0. The number of halogens is 1. The summed E-state index contributed by atoms with van der Waals surface area (Å²) >= 11 is 6.46. The Balaban J connectivity index is 1.13. The van der Waals surface area contributed by atoms with Gasteiger partial charge in [0.1, 0.15) is 5.84 Å². The van der Waals surface area contributed by atoms with Crippen LogP contribution in [0.2, 0.25) is 5.02 Å². The number of carbonyl (C=O) groups is 2. The average Bonchev–Trinajstić information content (AvgIpc) is 3.39. The zero-order chi connectivity index (χ0) is 26.1. The van der Waals surface area contributed by atoms with Crippen molar-refractivity contribution in [3.05, 3.63) is 76.8 Å². The van der Waals surface area contributed by atoms with E-state index in [0.717, 1.165) is 50.0 Å². The zero-order valence-corrected chi connectivity index (χ0v) is 22.3. The number of benzene rings is 2. The van der Waals surface area contributed by atoms with Gasteiger partial charge < -0.3 is 9.80 Å². The Labute approximate surface area is 229 Å². The number of amides is 2. The minimum atomic E-state index is -0.338. The number of carbonyl (C=O) groups excluding carboxylic acids is 2. The molecule has 38 heavy (non-hydrogen) atoms. The maximum absolute atomic E-state index is 13.6. The fraction of sp³-hybridized carbons (Fsp3) is 0.433. The number of hydrazone groups is 1. The lowest BCUT2D eigenvalue weighted by atomic mass is 9.80. The molecule has 0 spiro atoms. The minimum Gasteiger partial charge on any atom is -0.339 e. The van der Waals surface area contributed by atoms with Gasteiger partial charge in [-0.1, -0.05) is 79.0 Å². The number of nitrogens with one attached hydrogen (secondary N) is 1. The molecule has 0 bridgehead atoms. The van der Waals surface area contributed by atoms with Gasteiger partial charge in [0.25, 0.3) is 0 Å². The van der Waals surface area contributed by atoms with Crippen molar-refractivity contribution in [1.29, 1.82) is 0 Å². The second-order valence-electron chi connectivity index (χ2n) is 10.6. The molecule has 3 atom stereocenters. The molecule has 2 aromatic rings. The Morgan fingerprint density at radius 2 is 1.84 bits per heavy atom. The van der Waals surface area contributed by atoms with Crippen molar-refractivity contribution >= 4 is 34.8 Å². The van der Waals surface area contributed by atoms with Crippen LogP contribution in [0.5, 0.6) is 0 Å². The summed E-state index contributed by atoms with van der Waals surface area (Å²) in [6, 6.07) is 18.2. The van der Waals surface area contributed by atoms with Gasteiger partial charge in [0.2, 0.25) is 11.8 Å². The van der Waals surface area contributed by atoms with Gasteiger partial charge in [-0.25, -0.2) is 0 Å². The van der Waals surface area contributed by atoms with Crippen LogP contribution in [0.3, 0.4) is 0 Å². The molecule has 3 aliphatic heterocycles. The number of amidine groups is 1. The first-order chi connectivity index (χ1) is 18.6. The van der Waals surface area contributed by atoms with Crippen molar-refractivity contribution in [1.82, 2.24) is 20.1 Å². The highest BCUT2D eigenvalue weighted by Crippen LogP contribution is 2.39. The molecule has 4 aliphatic rings. The molecule has 7 nitrogen and oxygen atoms in total. The first kappa shape index (κ1) is 25.0. The highest BCUT2D eigenvalue weighted by atomic mass is 35.5. The Kier molecular flexibility index (Phi) is 7.11. The van der Waals surface area contributed by atoms with Gasteiger partial charge in [0.15, 0.2) is 6.29 Å². The molecule has 1 saturated carbocycles. The zero-order valence-electron chi connectivity index (χ0n) is 21.6. The molecule has 1 saturated heterocycles. The Hall–Kier alpha value is -3.32. The molecule has 3 heterocycles. The van der Waals surface area contributed by atoms with E-state index in [1.807, 2.05) is 40.1 Å². The molecule has 2 fully saturated rings. The van der Waals surface area contributed by atoms with Gasteiger partial charge in [-0.3, -0.25) is 19.9 Å². The molecule has 2 aromatic carbocycles. The largest absolute Gasteiger partial charge is 0.339 e. The number of fused-ring (bicyclic) bond motifs is 3. The van der Waals surface area contributed by atoms with Crippen LogP contribution >= 0.6 is 11.6 Å². The van der Waals surface area contributed by atoms with E-state index in [1.54, 1.807) is 0 Å². The summed E-state index contributed by atoms with van der Waals surface area (Å²) in [5.41, 5.74) is 6.70. The van der Waals surface area contributed by atoms with Gasteiger partial charge in [-0.05, 0) is 42.0 Å². The lowest BCUT2D eigenvalue weighted by molar-refractivity contribution is -0.156. The quantitative estimate of drug-likeness (QED) is 0.579. The van der Waals surface area contributed by atoms with Crippen LogP contribution in [0.1, 0.15) is 56.1 Å². The SMILES string of the molecule is O=C(CCC1=NNC2N(Cc3ccccc3Cl)C(=O)C3CCCCC3N12)N1CC=C(c2ccccc2)CC1. The van der Waals surface area contributed by atoms with E-state index in [2.05, 4.69) is 45.8 Å². The van der Waals surface area contributed by atoms with Crippen molar-refractivity contribution in [3.63, 3.8) is 0 Å². The normalized spacial score (nSPS) is 24.8. The van der Waals surface area contributed by atoms with Crippen LogP contribution in [0.4, 0.5) is 0 Å². The molecule has 3 unspecified atom stereocenters. The Morgan fingerprint density at radius 3 is 2.63 bits per heavy atom. The molecule has 8 heteroatoms. The van der Waals surface area contributed by atoms with Crippen molar-refractivity contribution in [2.45, 2.75) is 63.8 Å². The van der Waals surface area contributed by atoms with Crippen LogP contribution in [-0.4, -0.2) is 57.8 Å². The van der Waals surface area contributed by atoms with Crippen LogP contribution in [0.25, 0.3) is 5.57 Å². The fourth-order valence-corrected chi connectivity index (χ4v) is 6.59. The van der Waals surface area contributed by atoms with Crippen LogP contribution in [-0.2, 0) is 16.1 Å². The second-order valence-corrected chi connectivity index (χ2v) is 11.0. The Morgan fingerprint density at radius 1 is 1.05 bits per heavy atom. The highest BCUT2D eigenvalue weighted by molar-refractivity contribution is 6.31. The summed E-state index contributed by atoms with van der Waals surface area (Å²) in [6.45, 7) is 1.81. The van der Waals surface area contributed by atoms with Crippen LogP contribution < -0.4 is 5.43 Å². The van der Waals surface area contributed by atoms with E-state index in [0.29, 0.717) is 31.0 Å². The summed E-state index contributed by atoms with van der Waals surface area (Å²) in [7, 11) is 0. The van der Waals surface area contributed by atoms with Crippen molar-refractivity contribution in [3.8, 4) is 0 Å². The van der Waals surface area contributed by atoms with Crippen LogP contribution in [0, 0.1) is 5.92 Å². The third-order valence-electron chi connectivity index (χ3n) is 8.42. The molecule has 1 N–H and O–H groups in total. The van der Waals surface area contributed by atoms with Crippen molar-refractivity contribution < 1.29 is 9.59 Å². The maximum Gasteiger partial charge on any atom is 0.231 e. The molecule has 0 radical (unpaired) electrons. The molecule has 1 aliphatic carbocycles. The summed E-state index contributed by atoms with van der Waals surface area (Å²) in [6.07, 6.45) is 7.72. The van der Waals surface area contributed by atoms with Gasteiger partial charge in [0.05, 0.1) is 12.5 Å². The number of hydrogen-bond acceptors (Lipinski definition) is 5. The lowest BCUT2D eigenvalue weighted by Gasteiger charge is -2.50. The third kappa shape index (κ3) is 4.80. The van der Waals surface area contributed by atoms with E-state index in [9.17, 15) is 9.59 Å². The van der Waals surface area contributed by atoms with E-state index in [4.69, 9.17) is 11.6 Å². The molecule has 0 aromatic heterocycles. The maximum atomic E-state index is 13.6. The van der Waals surface area contributed by atoms with Gasteiger partial charge in [-0.2, -0.15) is 5.10 Å². The Bertz CT molecular complexity index is 1260. The summed E-state index contributed by atoms with van der Waals surface area (Å²) in [5.74, 6) is 1.16. The molecule has 2 amide bonds. The molecular formula is C30H34ClN5O2. The standard InChI is InChI=1S/C30H34ClN5O2/c31-25-12-6-4-10-23(25)20-35-29(38)24-11-5-7-13-26(24)36-27(32-33-30(35)36)14-15-28(37)34-18-16-22(17-19-34)21-8-2-1-3-9-21/h1-4,6,8-10,12,16,24,26,30,33H,5,7,11,13-15,17-20H2. The van der Waals surface area contributed by atoms with Crippen LogP contribution in [0.15, 0.2) is 65.8 Å². The van der Waals surface area contributed by atoms with E-state index < -0.39 is 0 Å². The van der Waals surface area contributed by atoms with E-state index in [-0.39, 0.29) is 30.1 Å². The van der Waals surface area contributed by atoms with Gasteiger partial charge in [0, 0.05) is 37.0 Å². The van der Waals surface area contributed by atoms with E-state index in [1.165, 1.54) is 11.1 Å². The van der Waals surface area contributed by atoms with Crippen molar-refractivity contribution in [2.24, 2.45) is 11.0 Å². The predicted molar refractivity (Wildman–Crippen MR) is 149 cm³/mol. The first-order valence-corrected chi connectivity index (χ1v) is 14.1. The number of hydrogen-bond donors (Lipinski definition) is 1. The topological polar surface area (TPSA) is 68.2 Å². The first-order valence-electron chi connectivity index (χ1n) is 13.8. The smallest absolute Gasteiger partial charge is 0.231 e. The highest BCUT2D eigenvalue weighted by Gasteiger charge is 2.50. The minimum absolute atomic E-state index is 0.0491. The number of rotatable bonds is 6. The molecule has 198 valence electrons. The average molecular weight is 532 g/mol. The molecule has 6 rings (SSSR count). The van der Waals surface area contributed by atoms with Gasteiger partial charge >= 0.3 is 0 Å².